The van der Waals surface area contributed by atoms with Gasteiger partial charge in [0.1, 0.15) is 11.5 Å². The summed E-state index contributed by atoms with van der Waals surface area (Å²) in [7, 11) is 0. The molecule has 8 aromatic rings. The Labute approximate surface area is 272 Å². The number of hydrogen-bond acceptors (Lipinski definition) is 2. The van der Waals surface area contributed by atoms with Crippen molar-refractivity contribution in [2.24, 2.45) is 0 Å². The maximum atomic E-state index is 10.0. The molecule has 0 heterocycles. The Morgan fingerprint density at radius 3 is 1.15 bits per heavy atom. The molecule has 8 aromatic carbocycles. The molecule has 220 valence electrons. The van der Waals surface area contributed by atoms with Crippen LogP contribution in [0.5, 0.6) is 11.5 Å². The summed E-state index contributed by atoms with van der Waals surface area (Å²) >= 11 is 0. The van der Waals surface area contributed by atoms with Crippen molar-refractivity contribution < 1.29 is 10.2 Å². The molecule has 0 atom stereocenters. The van der Waals surface area contributed by atoms with Crippen LogP contribution in [0.3, 0.4) is 0 Å². The maximum Gasteiger partial charge on any atom is 0.116 e. The molecule has 2 heteroatoms. The average Bonchev–Trinajstić information content (AvgIpc) is 3.58. The normalized spacial score (nSPS) is 13.4. The number of rotatable bonds is 2. The predicted octanol–water partition coefficient (Wildman–Crippen LogP) is 11.1. The van der Waals surface area contributed by atoms with E-state index in [4.69, 9.17) is 0 Å². The Morgan fingerprint density at radius 1 is 0.298 bits per heavy atom. The lowest BCUT2D eigenvalue weighted by Crippen LogP contribution is -2.26. The quantitative estimate of drug-likeness (QED) is 0.207. The highest BCUT2D eigenvalue weighted by molar-refractivity contribution is 5.98. The molecule has 2 N–H and O–H groups in total. The van der Waals surface area contributed by atoms with E-state index in [0.29, 0.717) is 0 Å². The van der Waals surface area contributed by atoms with Crippen LogP contribution in [0, 0.1) is 0 Å². The van der Waals surface area contributed by atoms with Crippen LogP contribution in [0.4, 0.5) is 0 Å². The Bertz CT molecular complexity index is 2430. The minimum absolute atomic E-state index is 0.281. The summed E-state index contributed by atoms with van der Waals surface area (Å²) in [6, 6.07) is 55.9. The van der Waals surface area contributed by atoms with Gasteiger partial charge >= 0.3 is 0 Å². The second-order valence-electron chi connectivity index (χ2n) is 12.9. The van der Waals surface area contributed by atoms with Crippen LogP contribution in [0.25, 0.3) is 66.1 Å². The zero-order chi connectivity index (χ0) is 31.3. The summed E-state index contributed by atoms with van der Waals surface area (Å²) in [5, 5.41) is 24.3. The number of aromatic hydroxyl groups is 2. The molecule has 0 saturated heterocycles. The van der Waals surface area contributed by atoms with Gasteiger partial charge in [0.25, 0.3) is 0 Å². The van der Waals surface area contributed by atoms with Crippen molar-refractivity contribution in [3.63, 3.8) is 0 Å². The van der Waals surface area contributed by atoms with Crippen molar-refractivity contribution in [3.8, 4) is 56.0 Å². The lowest BCUT2D eigenvalue weighted by molar-refractivity contribution is 0.475. The zero-order valence-electron chi connectivity index (χ0n) is 25.4. The predicted molar refractivity (Wildman–Crippen MR) is 192 cm³/mol. The van der Waals surface area contributed by atoms with E-state index >= 15 is 0 Å². The lowest BCUT2D eigenvalue weighted by Gasteiger charge is -2.31. The molecule has 2 nitrogen and oxygen atoms in total. The van der Waals surface area contributed by atoms with E-state index in [1.807, 2.05) is 24.3 Å². The number of hydrogen-bond donors (Lipinski definition) is 2. The topological polar surface area (TPSA) is 40.5 Å². The van der Waals surface area contributed by atoms with E-state index in [2.05, 4.69) is 121 Å². The molecule has 1 spiro atoms. The van der Waals surface area contributed by atoms with Crippen LogP contribution < -0.4 is 0 Å². The van der Waals surface area contributed by atoms with E-state index in [1.165, 1.54) is 55.6 Å². The molecule has 2 aliphatic carbocycles. The van der Waals surface area contributed by atoms with E-state index in [0.717, 1.165) is 32.7 Å². The molecule has 2 aliphatic rings. The second-order valence-corrected chi connectivity index (χ2v) is 12.9. The van der Waals surface area contributed by atoms with Gasteiger partial charge in [-0.15, -0.1) is 0 Å². The average molecular weight is 601 g/mol. The number of benzene rings is 8. The van der Waals surface area contributed by atoms with Crippen molar-refractivity contribution in [3.05, 3.63) is 180 Å². The molecule has 47 heavy (non-hydrogen) atoms. The summed E-state index contributed by atoms with van der Waals surface area (Å²) in [5.74, 6) is 0.562. The number of phenolic OH excluding ortho intramolecular Hbond substituents is 2. The molecular weight excluding hydrogens is 572 g/mol. The summed E-state index contributed by atoms with van der Waals surface area (Å²) in [6.45, 7) is 0. The van der Waals surface area contributed by atoms with Crippen LogP contribution in [-0.2, 0) is 5.41 Å². The van der Waals surface area contributed by atoms with Crippen LogP contribution in [0.2, 0.25) is 0 Å². The van der Waals surface area contributed by atoms with Crippen molar-refractivity contribution in [1.82, 2.24) is 0 Å². The molecule has 0 aliphatic heterocycles. The lowest BCUT2D eigenvalue weighted by atomic mass is 9.70. The third-order valence-electron chi connectivity index (χ3n) is 10.4. The highest BCUT2D eigenvalue weighted by Gasteiger charge is 2.51. The van der Waals surface area contributed by atoms with Gasteiger partial charge in [-0.25, -0.2) is 0 Å². The highest BCUT2D eigenvalue weighted by Crippen LogP contribution is 2.63. The van der Waals surface area contributed by atoms with Gasteiger partial charge in [0, 0.05) is 0 Å². The van der Waals surface area contributed by atoms with Gasteiger partial charge in [-0.1, -0.05) is 109 Å². The highest BCUT2D eigenvalue weighted by atomic mass is 16.3. The van der Waals surface area contributed by atoms with Crippen molar-refractivity contribution >= 4 is 21.5 Å². The first-order chi connectivity index (χ1) is 23.1. The first-order valence-corrected chi connectivity index (χ1v) is 16.0. The van der Waals surface area contributed by atoms with Crippen LogP contribution in [-0.4, -0.2) is 10.2 Å². The van der Waals surface area contributed by atoms with E-state index < -0.39 is 5.41 Å². The zero-order valence-corrected chi connectivity index (χ0v) is 25.4. The Morgan fingerprint density at radius 2 is 0.660 bits per heavy atom. The first kappa shape index (κ1) is 26.1. The van der Waals surface area contributed by atoms with Gasteiger partial charge in [0.15, 0.2) is 0 Å². The molecule has 0 unspecified atom stereocenters. The Kier molecular flexibility index (Phi) is 5.25. The number of phenols is 2. The fourth-order valence-electron chi connectivity index (χ4n) is 8.32. The summed E-state index contributed by atoms with van der Waals surface area (Å²) in [6.07, 6.45) is 0. The smallest absolute Gasteiger partial charge is 0.116 e. The van der Waals surface area contributed by atoms with Gasteiger partial charge in [-0.2, -0.15) is 0 Å². The fraction of sp³-hybridized carbons (Fsp3) is 0.0222. The summed E-state index contributed by atoms with van der Waals surface area (Å²) in [5.41, 5.74) is 14.5. The monoisotopic (exact) mass is 600 g/mol. The van der Waals surface area contributed by atoms with Crippen molar-refractivity contribution in [2.75, 3.05) is 0 Å². The molecule has 0 aromatic heterocycles. The molecule has 0 saturated carbocycles. The minimum Gasteiger partial charge on any atom is -0.508 e. The first-order valence-electron chi connectivity index (χ1n) is 16.0. The maximum absolute atomic E-state index is 10.0. The SMILES string of the molecule is Oc1ccc2cc(-c3ccc4c(c3)C3(c5ccccc5-4)c4ccccc4-c4ccc(-c5ccc6cc(O)ccc6c5)cc43)ccc2c1. The van der Waals surface area contributed by atoms with Gasteiger partial charge in [0.2, 0.25) is 0 Å². The third kappa shape index (κ3) is 3.61. The fourth-order valence-corrected chi connectivity index (χ4v) is 8.32. The molecule has 0 bridgehead atoms. The van der Waals surface area contributed by atoms with Gasteiger partial charge in [-0.05, 0) is 137 Å². The second kappa shape index (κ2) is 9.45. The van der Waals surface area contributed by atoms with E-state index in [1.54, 1.807) is 12.1 Å². The Balaban J connectivity index is 1.24. The number of fused-ring (bicyclic) bond motifs is 12. The molecular formula is C45H28O2. The minimum atomic E-state index is -0.463. The van der Waals surface area contributed by atoms with Gasteiger partial charge < -0.3 is 10.2 Å². The third-order valence-corrected chi connectivity index (χ3v) is 10.4. The summed E-state index contributed by atoms with van der Waals surface area (Å²) < 4.78 is 0. The van der Waals surface area contributed by atoms with E-state index in [-0.39, 0.29) is 11.5 Å². The van der Waals surface area contributed by atoms with Crippen LogP contribution >= 0.6 is 0 Å². The van der Waals surface area contributed by atoms with Crippen LogP contribution in [0.1, 0.15) is 22.3 Å². The van der Waals surface area contributed by atoms with Crippen molar-refractivity contribution in [1.29, 1.82) is 0 Å². The molecule has 0 amide bonds. The van der Waals surface area contributed by atoms with Gasteiger partial charge in [0.05, 0.1) is 5.41 Å². The molecule has 0 fully saturated rings. The van der Waals surface area contributed by atoms with E-state index in [9.17, 15) is 10.2 Å². The van der Waals surface area contributed by atoms with Crippen LogP contribution in [0.15, 0.2) is 158 Å². The molecule has 10 rings (SSSR count). The van der Waals surface area contributed by atoms with Gasteiger partial charge in [-0.3, -0.25) is 0 Å². The molecule has 0 radical (unpaired) electrons. The van der Waals surface area contributed by atoms with Crippen molar-refractivity contribution in [2.45, 2.75) is 5.41 Å². The largest absolute Gasteiger partial charge is 0.508 e. The standard InChI is InChI=1S/C45H28O2/c46-35-17-13-29-21-27(9-11-31(29)23-35)33-15-19-39-37-5-1-3-7-41(37)45(43(39)25-33)42-8-4-2-6-38(42)40-20-16-34(26-44(40)45)28-10-12-32-24-36(47)18-14-30(32)22-28/h1-26,46-47H. The summed E-state index contributed by atoms with van der Waals surface area (Å²) in [4.78, 5) is 0. The Hall–Kier alpha value is -6.12.